The number of allylic oxidation sites excluding steroid dienone is 1. The summed E-state index contributed by atoms with van der Waals surface area (Å²) < 4.78 is 10.6. The van der Waals surface area contributed by atoms with Crippen LogP contribution in [0.15, 0.2) is 45.4 Å². The third-order valence-electron chi connectivity index (χ3n) is 7.56. The summed E-state index contributed by atoms with van der Waals surface area (Å²) in [5.41, 5.74) is 2.88. The van der Waals surface area contributed by atoms with E-state index in [0.29, 0.717) is 52.2 Å². The number of aliphatic imine (C=N–C) groups is 1. The Hall–Kier alpha value is -2.85. The highest BCUT2D eigenvalue weighted by molar-refractivity contribution is 6.37. The number of nitrogens with zero attached hydrogens (tertiary/aromatic N) is 4. The Kier molecular flexibility index (Phi) is 8.92. The lowest BCUT2D eigenvalue weighted by atomic mass is 9.92. The Balaban J connectivity index is 1.48. The molecule has 2 fully saturated rings. The van der Waals surface area contributed by atoms with Crippen LogP contribution in [-0.4, -0.2) is 71.8 Å². The van der Waals surface area contributed by atoms with E-state index in [9.17, 15) is 4.79 Å². The minimum Gasteiger partial charge on any atom is -0.381 e. The quantitative estimate of drug-likeness (QED) is 0.525. The molecule has 4 heterocycles. The molecule has 1 aromatic carbocycles. The van der Waals surface area contributed by atoms with Gasteiger partial charge in [0, 0.05) is 60.0 Å². The van der Waals surface area contributed by atoms with E-state index in [0.717, 1.165) is 63.1 Å². The maximum Gasteiger partial charge on any atom is 0.260 e. The molecule has 5 rings (SSSR count). The van der Waals surface area contributed by atoms with Crippen LogP contribution in [0.5, 0.6) is 0 Å². The van der Waals surface area contributed by atoms with Crippen LogP contribution in [0, 0.1) is 12.8 Å². The van der Waals surface area contributed by atoms with Crippen molar-refractivity contribution < 1.29 is 14.1 Å². The Bertz CT molecular complexity index is 1270. The van der Waals surface area contributed by atoms with Crippen LogP contribution in [0.25, 0.3) is 17.0 Å². The average molecular weight is 553 g/mol. The van der Waals surface area contributed by atoms with Crippen LogP contribution in [0.4, 0.5) is 0 Å². The molecule has 3 aliphatic heterocycles. The molecule has 0 aliphatic carbocycles. The van der Waals surface area contributed by atoms with Gasteiger partial charge in [0.1, 0.15) is 5.84 Å². The fourth-order valence-corrected chi connectivity index (χ4v) is 5.72. The summed E-state index contributed by atoms with van der Waals surface area (Å²) in [5, 5.41) is 11.5. The number of nitrogens with one attached hydrogen (secondary N) is 2. The van der Waals surface area contributed by atoms with E-state index in [-0.39, 0.29) is 12.1 Å². The van der Waals surface area contributed by atoms with Crippen molar-refractivity contribution >= 4 is 28.9 Å². The predicted molar refractivity (Wildman–Crippen MR) is 152 cm³/mol. The molecule has 2 N–H and O–H groups in total. The SMILES string of the molecule is C/C=C1/C=C(c2ccc(-c3noc(C)n3)cc2Cl)C(=O)N(CC2CCNCC2)/C1=N/C(C)NC1CCOCC1. The summed E-state index contributed by atoms with van der Waals surface area (Å²) >= 11 is 6.77. The molecule has 1 aromatic heterocycles. The van der Waals surface area contributed by atoms with E-state index in [2.05, 4.69) is 27.7 Å². The number of aryl methyl sites for hydroxylation is 1. The molecular weight excluding hydrogens is 516 g/mol. The molecule has 2 aromatic rings. The first kappa shape index (κ1) is 27.7. The zero-order valence-electron chi connectivity index (χ0n) is 22.9. The Morgan fingerprint density at radius 1 is 1.26 bits per heavy atom. The van der Waals surface area contributed by atoms with Crippen LogP contribution in [0.2, 0.25) is 5.02 Å². The molecule has 3 aliphatic rings. The maximum atomic E-state index is 14.2. The van der Waals surface area contributed by atoms with E-state index in [1.165, 1.54) is 0 Å². The van der Waals surface area contributed by atoms with E-state index in [4.69, 9.17) is 25.9 Å². The summed E-state index contributed by atoms with van der Waals surface area (Å²) in [4.78, 5) is 25.4. The minimum atomic E-state index is -0.141. The van der Waals surface area contributed by atoms with Crippen molar-refractivity contribution in [3.63, 3.8) is 0 Å². The number of hydrogen-bond donors (Lipinski definition) is 2. The number of carbonyl (C=O) groups excluding carboxylic acids is 1. The third kappa shape index (κ3) is 6.49. The summed E-state index contributed by atoms with van der Waals surface area (Å²) in [6.07, 6.45) is 7.77. The molecule has 2 saturated heterocycles. The second-order valence-corrected chi connectivity index (χ2v) is 10.8. The fraction of sp³-hybridized carbons (Fsp3) is 0.517. The highest BCUT2D eigenvalue weighted by atomic mass is 35.5. The van der Waals surface area contributed by atoms with Crippen molar-refractivity contribution in [2.24, 2.45) is 10.9 Å². The van der Waals surface area contributed by atoms with Gasteiger partial charge in [-0.3, -0.25) is 15.0 Å². The number of ether oxygens (including phenoxy) is 1. The molecule has 1 amide bonds. The number of amides is 1. The van der Waals surface area contributed by atoms with E-state index >= 15 is 0 Å². The van der Waals surface area contributed by atoms with Gasteiger partial charge >= 0.3 is 0 Å². The number of benzene rings is 1. The number of carbonyl (C=O) groups is 1. The number of piperidine rings is 1. The largest absolute Gasteiger partial charge is 0.381 e. The van der Waals surface area contributed by atoms with Crippen molar-refractivity contribution in [3.05, 3.63) is 52.4 Å². The van der Waals surface area contributed by atoms with Gasteiger partial charge in [-0.25, -0.2) is 4.99 Å². The Labute approximate surface area is 234 Å². The topological polar surface area (TPSA) is 105 Å². The number of aromatic nitrogens is 2. The maximum absolute atomic E-state index is 14.2. The Morgan fingerprint density at radius 2 is 2.03 bits per heavy atom. The predicted octanol–water partition coefficient (Wildman–Crippen LogP) is 4.38. The highest BCUT2D eigenvalue weighted by Crippen LogP contribution is 2.34. The standard InChI is InChI=1S/C29H37ClN6O3/c1-4-21-15-25(24-6-5-22(16-26(24)30)27-34-19(3)39-35-27)29(37)36(17-20-7-11-31-12-8-20)28(21)33-18(2)32-23-9-13-38-14-10-23/h4-6,15-16,18,20,23,31-32H,7-14,17H2,1-3H3/b21-4-,33-28+. The first-order valence-electron chi connectivity index (χ1n) is 13.9. The normalized spacial score (nSPS) is 22.5. The highest BCUT2D eigenvalue weighted by Gasteiger charge is 2.34. The molecule has 10 heteroatoms. The molecule has 0 spiro atoms. The van der Waals surface area contributed by atoms with Crippen LogP contribution < -0.4 is 10.6 Å². The van der Waals surface area contributed by atoms with Crippen molar-refractivity contribution in [2.75, 3.05) is 32.8 Å². The lowest BCUT2D eigenvalue weighted by molar-refractivity contribution is -0.122. The second kappa shape index (κ2) is 12.6. The summed E-state index contributed by atoms with van der Waals surface area (Å²) in [6.45, 7) is 9.85. The molecule has 0 radical (unpaired) electrons. The second-order valence-electron chi connectivity index (χ2n) is 10.4. The molecule has 0 saturated carbocycles. The lowest BCUT2D eigenvalue weighted by Crippen LogP contribution is -2.47. The zero-order chi connectivity index (χ0) is 27.4. The zero-order valence-corrected chi connectivity index (χ0v) is 23.6. The number of halogens is 1. The Morgan fingerprint density at radius 3 is 2.69 bits per heavy atom. The first-order chi connectivity index (χ1) is 18.9. The van der Waals surface area contributed by atoms with Crippen molar-refractivity contribution in [3.8, 4) is 11.4 Å². The van der Waals surface area contributed by atoms with Gasteiger partial charge in [0.25, 0.3) is 5.91 Å². The van der Waals surface area contributed by atoms with Gasteiger partial charge in [0.2, 0.25) is 11.7 Å². The first-order valence-corrected chi connectivity index (χ1v) is 14.2. The van der Waals surface area contributed by atoms with E-state index in [1.807, 2.05) is 36.1 Å². The third-order valence-corrected chi connectivity index (χ3v) is 7.87. The van der Waals surface area contributed by atoms with E-state index in [1.54, 1.807) is 13.0 Å². The van der Waals surface area contributed by atoms with Crippen molar-refractivity contribution in [1.29, 1.82) is 0 Å². The molecular formula is C29H37ClN6O3. The summed E-state index contributed by atoms with van der Waals surface area (Å²) in [6, 6.07) is 5.87. The molecule has 39 heavy (non-hydrogen) atoms. The average Bonchev–Trinajstić information content (AvgIpc) is 3.38. The van der Waals surface area contributed by atoms with Crippen LogP contribution in [0.1, 0.15) is 51.0 Å². The van der Waals surface area contributed by atoms with E-state index < -0.39 is 0 Å². The van der Waals surface area contributed by atoms with Gasteiger partial charge in [-0.2, -0.15) is 4.98 Å². The fourth-order valence-electron chi connectivity index (χ4n) is 5.44. The monoisotopic (exact) mass is 552 g/mol. The van der Waals surface area contributed by atoms with Gasteiger partial charge in [-0.05, 0) is 70.7 Å². The number of hydrogen-bond acceptors (Lipinski definition) is 8. The van der Waals surface area contributed by atoms with Gasteiger partial charge in [0.05, 0.1) is 6.17 Å². The van der Waals surface area contributed by atoms with Crippen LogP contribution >= 0.6 is 11.6 Å². The number of rotatable bonds is 7. The van der Waals surface area contributed by atoms with Crippen molar-refractivity contribution in [1.82, 2.24) is 25.7 Å². The molecule has 9 nitrogen and oxygen atoms in total. The number of amidine groups is 1. The van der Waals surface area contributed by atoms with Gasteiger partial charge in [-0.15, -0.1) is 0 Å². The lowest BCUT2D eigenvalue weighted by Gasteiger charge is -2.35. The van der Waals surface area contributed by atoms with Gasteiger partial charge in [0.15, 0.2) is 0 Å². The van der Waals surface area contributed by atoms with Gasteiger partial charge in [-0.1, -0.05) is 35.0 Å². The van der Waals surface area contributed by atoms with Gasteiger partial charge < -0.3 is 14.6 Å². The van der Waals surface area contributed by atoms with Crippen LogP contribution in [0.3, 0.4) is 0 Å². The molecule has 1 unspecified atom stereocenters. The molecule has 1 atom stereocenters. The summed E-state index contributed by atoms with van der Waals surface area (Å²) in [7, 11) is 0. The summed E-state index contributed by atoms with van der Waals surface area (Å²) in [5.74, 6) is 1.98. The smallest absolute Gasteiger partial charge is 0.260 e. The molecule has 208 valence electrons. The van der Waals surface area contributed by atoms with Crippen molar-refractivity contribution in [2.45, 2.75) is 58.7 Å². The molecule has 0 bridgehead atoms. The minimum absolute atomic E-state index is 0.0822. The van der Waals surface area contributed by atoms with Crippen LogP contribution in [-0.2, 0) is 9.53 Å².